The number of nitrogens with one attached hydrogen (secondary N) is 1. The summed E-state index contributed by atoms with van der Waals surface area (Å²) in [7, 11) is 0. The first-order valence-electron chi connectivity index (χ1n) is 8.53. The molecule has 2 heteroatoms. The number of nitrogens with zero attached hydrogens (tertiary/aromatic N) is 1. The van der Waals surface area contributed by atoms with Crippen molar-refractivity contribution in [2.75, 3.05) is 32.7 Å². The van der Waals surface area contributed by atoms with Gasteiger partial charge in [-0.15, -0.1) is 0 Å². The molecule has 1 heterocycles. The van der Waals surface area contributed by atoms with Crippen LogP contribution < -0.4 is 5.32 Å². The molecule has 0 amide bonds. The molecular formula is C17H34N2. The van der Waals surface area contributed by atoms with E-state index in [1.54, 1.807) is 0 Å². The summed E-state index contributed by atoms with van der Waals surface area (Å²) < 4.78 is 0. The predicted octanol–water partition coefficient (Wildman–Crippen LogP) is 3.52. The first kappa shape index (κ1) is 15.3. The summed E-state index contributed by atoms with van der Waals surface area (Å²) in [5.41, 5.74) is 0.581. The highest BCUT2D eigenvalue weighted by molar-refractivity contribution is 4.89. The Bertz CT molecular complexity index is 256. The molecule has 1 aliphatic carbocycles. The SMILES string of the molecule is CC(C)CNCC1(CN2CCC(C)C2)CCCCC1. The molecule has 112 valence electrons. The Balaban J connectivity index is 1.86. The van der Waals surface area contributed by atoms with Crippen LogP contribution in [0.4, 0.5) is 0 Å². The van der Waals surface area contributed by atoms with E-state index in [1.165, 1.54) is 71.2 Å². The molecule has 1 aliphatic heterocycles. The second kappa shape index (κ2) is 7.08. The van der Waals surface area contributed by atoms with Gasteiger partial charge in [0.2, 0.25) is 0 Å². The lowest BCUT2D eigenvalue weighted by molar-refractivity contribution is 0.114. The van der Waals surface area contributed by atoms with Gasteiger partial charge in [-0.2, -0.15) is 0 Å². The Morgan fingerprint density at radius 3 is 2.53 bits per heavy atom. The molecule has 0 aromatic carbocycles. The van der Waals surface area contributed by atoms with Gasteiger partial charge >= 0.3 is 0 Å². The predicted molar refractivity (Wildman–Crippen MR) is 83.4 cm³/mol. The summed E-state index contributed by atoms with van der Waals surface area (Å²) in [5, 5.41) is 3.75. The summed E-state index contributed by atoms with van der Waals surface area (Å²) in [6.07, 6.45) is 8.67. The molecular weight excluding hydrogens is 232 g/mol. The van der Waals surface area contributed by atoms with E-state index in [9.17, 15) is 0 Å². The van der Waals surface area contributed by atoms with Crippen LogP contribution in [0.1, 0.15) is 59.3 Å². The average molecular weight is 266 g/mol. The number of hydrogen-bond donors (Lipinski definition) is 1. The summed E-state index contributed by atoms with van der Waals surface area (Å²) in [5.74, 6) is 1.69. The molecule has 2 nitrogen and oxygen atoms in total. The quantitative estimate of drug-likeness (QED) is 0.791. The van der Waals surface area contributed by atoms with Crippen molar-refractivity contribution in [1.82, 2.24) is 10.2 Å². The number of hydrogen-bond acceptors (Lipinski definition) is 2. The topological polar surface area (TPSA) is 15.3 Å². The Labute approximate surface area is 120 Å². The fourth-order valence-electron chi connectivity index (χ4n) is 3.96. The van der Waals surface area contributed by atoms with Crippen LogP contribution in [0.3, 0.4) is 0 Å². The van der Waals surface area contributed by atoms with Gasteiger partial charge in [0.15, 0.2) is 0 Å². The second-order valence-electron chi connectivity index (χ2n) is 7.71. The third kappa shape index (κ3) is 4.75. The Hall–Kier alpha value is -0.0800. The van der Waals surface area contributed by atoms with E-state index in [4.69, 9.17) is 0 Å². The number of rotatable bonds is 6. The minimum atomic E-state index is 0.581. The minimum absolute atomic E-state index is 0.581. The number of likely N-dealkylation sites (tertiary alicyclic amines) is 1. The lowest BCUT2D eigenvalue weighted by atomic mass is 9.73. The van der Waals surface area contributed by atoms with E-state index in [0.29, 0.717) is 5.41 Å². The van der Waals surface area contributed by atoms with Crippen LogP contribution in [-0.2, 0) is 0 Å². The molecule has 0 aromatic heterocycles. The van der Waals surface area contributed by atoms with Crippen molar-refractivity contribution >= 4 is 0 Å². The van der Waals surface area contributed by atoms with Gasteiger partial charge in [0.05, 0.1) is 0 Å². The van der Waals surface area contributed by atoms with Crippen molar-refractivity contribution in [3.05, 3.63) is 0 Å². The van der Waals surface area contributed by atoms with Gasteiger partial charge in [0.25, 0.3) is 0 Å². The van der Waals surface area contributed by atoms with Crippen molar-refractivity contribution in [1.29, 1.82) is 0 Å². The molecule has 1 N–H and O–H groups in total. The van der Waals surface area contributed by atoms with Crippen LogP contribution in [-0.4, -0.2) is 37.6 Å². The van der Waals surface area contributed by atoms with Crippen molar-refractivity contribution in [2.24, 2.45) is 17.3 Å². The second-order valence-corrected chi connectivity index (χ2v) is 7.71. The standard InChI is InChI=1S/C17H34N2/c1-15(2)11-18-13-17(8-5-4-6-9-17)14-19-10-7-16(3)12-19/h15-16,18H,4-14H2,1-3H3. The Kier molecular flexibility index (Phi) is 5.70. The van der Waals surface area contributed by atoms with E-state index in [0.717, 1.165) is 11.8 Å². The van der Waals surface area contributed by atoms with Crippen LogP contribution in [0, 0.1) is 17.3 Å². The summed E-state index contributed by atoms with van der Waals surface area (Å²) in [6, 6.07) is 0. The fourth-order valence-corrected chi connectivity index (χ4v) is 3.96. The highest BCUT2D eigenvalue weighted by Crippen LogP contribution is 2.37. The molecule has 0 spiro atoms. The highest BCUT2D eigenvalue weighted by atomic mass is 15.2. The van der Waals surface area contributed by atoms with Gasteiger partial charge in [0, 0.05) is 19.6 Å². The largest absolute Gasteiger partial charge is 0.316 e. The molecule has 0 aromatic rings. The van der Waals surface area contributed by atoms with Gasteiger partial charge in [-0.1, -0.05) is 40.0 Å². The first-order valence-corrected chi connectivity index (χ1v) is 8.53. The molecule has 2 fully saturated rings. The van der Waals surface area contributed by atoms with E-state index >= 15 is 0 Å². The van der Waals surface area contributed by atoms with Gasteiger partial charge in [0.1, 0.15) is 0 Å². The maximum Gasteiger partial charge on any atom is 0.00503 e. The van der Waals surface area contributed by atoms with Crippen molar-refractivity contribution in [2.45, 2.75) is 59.3 Å². The summed E-state index contributed by atoms with van der Waals surface area (Å²) in [6.45, 7) is 13.5. The third-order valence-corrected chi connectivity index (χ3v) is 5.03. The van der Waals surface area contributed by atoms with Gasteiger partial charge in [-0.3, -0.25) is 0 Å². The molecule has 2 rings (SSSR count). The zero-order valence-corrected chi connectivity index (χ0v) is 13.4. The molecule has 0 bridgehead atoms. The lowest BCUT2D eigenvalue weighted by Gasteiger charge is -2.40. The smallest absolute Gasteiger partial charge is 0.00503 e. The van der Waals surface area contributed by atoms with Crippen LogP contribution in [0.15, 0.2) is 0 Å². The molecule has 1 saturated heterocycles. The summed E-state index contributed by atoms with van der Waals surface area (Å²) in [4.78, 5) is 2.74. The van der Waals surface area contributed by atoms with E-state index in [1.807, 2.05) is 0 Å². The van der Waals surface area contributed by atoms with E-state index in [-0.39, 0.29) is 0 Å². The average Bonchev–Trinajstić information content (AvgIpc) is 2.75. The molecule has 19 heavy (non-hydrogen) atoms. The monoisotopic (exact) mass is 266 g/mol. The van der Waals surface area contributed by atoms with Crippen molar-refractivity contribution < 1.29 is 0 Å². The van der Waals surface area contributed by atoms with Gasteiger partial charge in [-0.25, -0.2) is 0 Å². The van der Waals surface area contributed by atoms with Crippen LogP contribution in [0.5, 0.6) is 0 Å². The minimum Gasteiger partial charge on any atom is -0.316 e. The Morgan fingerprint density at radius 2 is 1.95 bits per heavy atom. The highest BCUT2D eigenvalue weighted by Gasteiger charge is 2.35. The molecule has 2 aliphatic rings. The lowest BCUT2D eigenvalue weighted by Crippen LogP contribution is -2.45. The van der Waals surface area contributed by atoms with Crippen molar-refractivity contribution in [3.8, 4) is 0 Å². The normalized spacial score (nSPS) is 28.1. The van der Waals surface area contributed by atoms with Crippen molar-refractivity contribution in [3.63, 3.8) is 0 Å². The van der Waals surface area contributed by atoms with E-state index in [2.05, 4.69) is 31.0 Å². The summed E-state index contributed by atoms with van der Waals surface area (Å²) >= 11 is 0. The van der Waals surface area contributed by atoms with Crippen LogP contribution >= 0.6 is 0 Å². The first-order chi connectivity index (χ1) is 9.10. The zero-order chi connectivity index (χ0) is 13.7. The van der Waals surface area contributed by atoms with E-state index < -0.39 is 0 Å². The molecule has 0 radical (unpaired) electrons. The van der Waals surface area contributed by atoms with Gasteiger partial charge in [-0.05, 0) is 49.6 Å². The molecule has 1 unspecified atom stereocenters. The third-order valence-electron chi connectivity index (χ3n) is 5.03. The van der Waals surface area contributed by atoms with Gasteiger partial charge < -0.3 is 10.2 Å². The zero-order valence-electron chi connectivity index (χ0n) is 13.4. The maximum atomic E-state index is 3.75. The van der Waals surface area contributed by atoms with Crippen LogP contribution in [0.25, 0.3) is 0 Å². The maximum absolute atomic E-state index is 3.75. The molecule has 1 saturated carbocycles. The fraction of sp³-hybridized carbons (Fsp3) is 1.00. The Morgan fingerprint density at radius 1 is 1.21 bits per heavy atom. The molecule has 1 atom stereocenters. The van der Waals surface area contributed by atoms with Crippen LogP contribution in [0.2, 0.25) is 0 Å².